The van der Waals surface area contributed by atoms with Gasteiger partial charge in [0.15, 0.2) is 0 Å². The van der Waals surface area contributed by atoms with E-state index in [0.717, 1.165) is 4.47 Å². The van der Waals surface area contributed by atoms with E-state index >= 15 is 0 Å². The average molecular weight is 266 g/mol. The Bertz CT molecular complexity index is 317. The van der Waals surface area contributed by atoms with Crippen molar-refractivity contribution >= 4 is 27.5 Å². The molecule has 0 fully saturated rings. The van der Waals surface area contributed by atoms with Crippen molar-refractivity contribution in [2.45, 2.75) is 12.5 Å². The van der Waals surface area contributed by atoms with E-state index in [1.807, 2.05) is 0 Å². The lowest BCUT2D eigenvalue weighted by Gasteiger charge is -2.22. The minimum Gasteiger partial charge on any atom is -0.394 e. The highest BCUT2D eigenvalue weighted by Gasteiger charge is 2.23. The number of aromatic nitrogens is 1. The van der Waals surface area contributed by atoms with Crippen LogP contribution in [0.3, 0.4) is 0 Å². The third-order valence-electron chi connectivity index (χ3n) is 1.75. The lowest BCUT2D eigenvalue weighted by molar-refractivity contribution is 0.210. The van der Waals surface area contributed by atoms with Gasteiger partial charge in [0.25, 0.3) is 0 Å². The van der Waals surface area contributed by atoms with Crippen LogP contribution in [0.25, 0.3) is 0 Å². The zero-order chi connectivity index (χ0) is 10.1. The summed E-state index contributed by atoms with van der Waals surface area (Å²) in [6.07, 6.45) is 1.58. The number of pyridine rings is 1. The predicted molar refractivity (Wildman–Crippen MR) is 55.6 cm³/mol. The van der Waals surface area contributed by atoms with Crippen LogP contribution in [0.5, 0.6) is 0 Å². The Hall–Kier alpha value is -0.160. The molecule has 1 rings (SSSR count). The third kappa shape index (κ3) is 2.40. The number of aliphatic hydroxyl groups excluding tert-OH is 1. The third-order valence-corrected chi connectivity index (χ3v) is 2.48. The maximum Gasteiger partial charge on any atom is 0.134 e. The van der Waals surface area contributed by atoms with Crippen LogP contribution in [0, 0.1) is 0 Å². The van der Waals surface area contributed by atoms with Crippen LogP contribution in [0.4, 0.5) is 0 Å². The molecule has 0 bridgehead atoms. The fourth-order valence-corrected chi connectivity index (χ4v) is 1.56. The van der Waals surface area contributed by atoms with E-state index in [0.29, 0.717) is 10.7 Å². The second-order valence-electron chi connectivity index (χ2n) is 3.07. The van der Waals surface area contributed by atoms with Crippen LogP contribution in [-0.2, 0) is 5.54 Å². The number of halogens is 2. The van der Waals surface area contributed by atoms with E-state index in [2.05, 4.69) is 20.9 Å². The number of aliphatic hydroxyl groups is 1. The van der Waals surface area contributed by atoms with E-state index < -0.39 is 5.54 Å². The smallest absolute Gasteiger partial charge is 0.134 e. The van der Waals surface area contributed by atoms with Crippen LogP contribution in [0.2, 0.25) is 5.15 Å². The Morgan fingerprint density at radius 3 is 2.92 bits per heavy atom. The van der Waals surface area contributed by atoms with Gasteiger partial charge in [0.2, 0.25) is 0 Å². The van der Waals surface area contributed by atoms with Crippen molar-refractivity contribution in [3.05, 3.63) is 27.5 Å². The topological polar surface area (TPSA) is 59.1 Å². The van der Waals surface area contributed by atoms with Crippen molar-refractivity contribution < 1.29 is 5.11 Å². The lowest BCUT2D eigenvalue weighted by atomic mass is 9.96. The summed E-state index contributed by atoms with van der Waals surface area (Å²) >= 11 is 9.10. The zero-order valence-electron chi connectivity index (χ0n) is 7.09. The zero-order valence-corrected chi connectivity index (χ0v) is 9.43. The van der Waals surface area contributed by atoms with Crippen molar-refractivity contribution in [1.82, 2.24) is 4.98 Å². The Balaban J connectivity index is 3.20. The molecule has 0 spiro atoms. The van der Waals surface area contributed by atoms with Crippen molar-refractivity contribution in [2.24, 2.45) is 5.73 Å². The SMILES string of the molecule is C[C@@](N)(CO)c1cc(Br)cnc1Cl. The summed E-state index contributed by atoms with van der Waals surface area (Å²) < 4.78 is 0.789. The summed E-state index contributed by atoms with van der Waals surface area (Å²) in [5, 5.41) is 9.36. The van der Waals surface area contributed by atoms with E-state index in [9.17, 15) is 0 Å². The van der Waals surface area contributed by atoms with Gasteiger partial charge in [-0.05, 0) is 28.9 Å². The lowest BCUT2D eigenvalue weighted by Crippen LogP contribution is -2.37. The average Bonchev–Trinajstić information content (AvgIpc) is 2.09. The molecule has 1 aromatic rings. The number of hydrogen-bond donors (Lipinski definition) is 2. The first kappa shape index (κ1) is 10.9. The first-order valence-electron chi connectivity index (χ1n) is 3.68. The molecule has 0 amide bonds. The molecule has 0 aliphatic rings. The largest absolute Gasteiger partial charge is 0.394 e. The van der Waals surface area contributed by atoms with Gasteiger partial charge in [0, 0.05) is 16.2 Å². The van der Waals surface area contributed by atoms with Crippen molar-refractivity contribution in [3.63, 3.8) is 0 Å². The maximum absolute atomic E-state index is 9.04. The molecular formula is C8H10BrClN2O. The molecule has 3 nitrogen and oxygen atoms in total. The molecule has 0 aliphatic carbocycles. The van der Waals surface area contributed by atoms with Crippen LogP contribution in [-0.4, -0.2) is 16.7 Å². The Labute approximate surface area is 90.1 Å². The second-order valence-corrected chi connectivity index (χ2v) is 4.34. The van der Waals surface area contributed by atoms with Gasteiger partial charge in [0.1, 0.15) is 5.15 Å². The van der Waals surface area contributed by atoms with Gasteiger partial charge in [-0.3, -0.25) is 0 Å². The molecule has 0 radical (unpaired) electrons. The molecule has 5 heteroatoms. The van der Waals surface area contributed by atoms with Gasteiger partial charge in [-0.2, -0.15) is 0 Å². The second kappa shape index (κ2) is 3.92. The highest BCUT2D eigenvalue weighted by atomic mass is 79.9. The summed E-state index contributed by atoms with van der Waals surface area (Å²) in [6, 6.07) is 1.76. The fourth-order valence-electron chi connectivity index (χ4n) is 0.908. The molecular weight excluding hydrogens is 255 g/mol. The first-order chi connectivity index (χ1) is 5.97. The molecule has 0 aromatic carbocycles. The summed E-state index contributed by atoms with van der Waals surface area (Å²) in [7, 11) is 0. The van der Waals surface area contributed by atoms with Gasteiger partial charge in [-0.25, -0.2) is 4.98 Å². The minimum absolute atomic E-state index is 0.176. The van der Waals surface area contributed by atoms with Crippen LogP contribution in [0.1, 0.15) is 12.5 Å². The Morgan fingerprint density at radius 1 is 1.77 bits per heavy atom. The normalized spacial score (nSPS) is 15.5. The molecule has 0 saturated carbocycles. The molecule has 1 atom stereocenters. The molecule has 1 aromatic heterocycles. The standard InChI is InChI=1S/C8H10BrClN2O/c1-8(11,4-13)6-2-5(9)3-12-7(6)10/h2-3,13H,4,11H2,1H3/t8-/m1/s1. The quantitative estimate of drug-likeness (QED) is 0.800. The monoisotopic (exact) mass is 264 g/mol. The Morgan fingerprint density at radius 2 is 2.38 bits per heavy atom. The van der Waals surface area contributed by atoms with Gasteiger partial charge >= 0.3 is 0 Å². The molecule has 1 heterocycles. The minimum atomic E-state index is -0.853. The van der Waals surface area contributed by atoms with Gasteiger partial charge in [0.05, 0.1) is 12.1 Å². The summed E-state index contributed by atoms with van der Waals surface area (Å²) in [6.45, 7) is 1.52. The van der Waals surface area contributed by atoms with E-state index in [1.54, 1.807) is 19.2 Å². The van der Waals surface area contributed by atoms with Crippen LogP contribution >= 0.6 is 27.5 Å². The number of nitrogens with two attached hydrogens (primary N) is 1. The summed E-state index contributed by atoms with van der Waals surface area (Å²) in [5.74, 6) is 0. The number of rotatable bonds is 2. The Kier molecular flexibility index (Phi) is 3.29. The van der Waals surface area contributed by atoms with Crippen molar-refractivity contribution in [2.75, 3.05) is 6.61 Å². The number of hydrogen-bond acceptors (Lipinski definition) is 3. The first-order valence-corrected chi connectivity index (χ1v) is 4.86. The molecule has 0 unspecified atom stereocenters. The van der Waals surface area contributed by atoms with Crippen LogP contribution < -0.4 is 5.73 Å². The summed E-state index contributed by atoms with van der Waals surface area (Å²) in [4.78, 5) is 3.92. The molecule has 0 saturated heterocycles. The number of nitrogens with zero attached hydrogens (tertiary/aromatic N) is 1. The molecule has 3 N–H and O–H groups in total. The van der Waals surface area contributed by atoms with E-state index in [1.165, 1.54) is 0 Å². The molecule has 72 valence electrons. The van der Waals surface area contributed by atoms with Crippen molar-refractivity contribution in [3.8, 4) is 0 Å². The van der Waals surface area contributed by atoms with Crippen molar-refractivity contribution in [1.29, 1.82) is 0 Å². The maximum atomic E-state index is 9.04. The van der Waals surface area contributed by atoms with E-state index in [4.69, 9.17) is 22.4 Å². The van der Waals surface area contributed by atoms with Gasteiger partial charge < -0.3 is 10.8 Å². The predicted octanol–water partition coefficient (Wildman–Crippen LogP) is 1.66. The van der Waals surface area contributed by atoms with Gasteiger partial charge in [-0.1, -0.05) is 11.6 Å². The highest BCUT2D eigenvalue weighted by molar-refractivity contribution is 9.10. The summed E-state index contributed by atoms with van der Waals surface area (Å²) in [5.41, 5.74) is 5.59. The highest BCUT2D eigenvalue weighted by Crippen LogP contribution is 2.26. The van der Waals surface area contributed by atoms with Crippen LogP contribution in [0.15, 0.2) is 16.7 Å². The molecule has 0 aliphatic heterocycles. The molecule has 13 heavy (non-hydrogen) atoms. The fraction of sp³-hybridized carbons (Fsp3) is 0.375. The van der Waals surface area contributed by atoms with Gasteiger partial charge in [-0.15, -0.1) is 0 Å². The van der Waals surface area contributed by atoms with E-state index in [-0.39, 0.29) is 6.61 Å².